The van der Waals surface area contributed by atoms with Gasteiger partial charge in [0, 0.05) is 4.88 Å². The van der Waals surface area contributed by atoms with Gasteiger partial charge in [0.2, 0.25) is 0 Å². The molecule has 0 unspecified atom stereocenters. The van der Waals surface area contributed by atoms with Gasteiger partial charge in [0.15, 0.2) is 0 Å². The van der Waals surface area contributed by atoms with E-state index in [1.807, 2.05) is 17.5 Å². The molecule has 0 saturated carbocycles. The van der Waals surface area contributed by atoms with Crippen molar-refractivity contribution in [3.05, 3.63) is 39.4 Å². The highest BCUT2D eigenvalue weighted by Gasteiger charge is 2.34. The topological polar surface area (TPSA) is 37.4 Å². The Kier molecular flexibility index (Phi) is 3.49. The number of imide groups is 1. The Morgan fingerprint density at radius 2 is 2.29 bits per heavy atom. The quantitative estimate of drug-likeness (QED) is 0.621. The second kappa shape index (κ2) is 4.89. The fourth-order valence-electron chi connectivity index (χ4n) is 1.41. The molecular weight excluding hydrogens is 254 g/mol. The molecule has 1 saturated heterocycles. The van der Waals surface area contributed by atoms with Crippen LogP contribution in [0.25, 0.3) is 6.08 Å². The van der Waals surface area contributed by atoms with Crippen molar-refractivity contribution >= 4 is 40.3 Å². The van der Waals surface area contributed by atoms with Crippen molar-refractivity contribution in [3.8, 4) is 0 Å². The van der Waals surface area contributed by atoms with Crippen LogP contribution in [0.5, 0.6) is 0 Å². The lowest BCUT2D eigenvalue weighted by molar-refractivity contribution is -0.122. The molecule has 0 aromatic carbocycles. The standard InChI is InChI=1S/C12H11NO2S2/c1-8(2)7-13-11(14)10(17-12(13)15)6-9-4-3-5-16-9/h3-6H,1,7H2,2H3/b10-6-. The molecule has 88 valence electrons. The highest BCUT2D eigenvalue weighted by molar-refractivity contribution is 8.18. The first-order chi connectivity index (χ1) is 8.08. The lowest BCUT2D eigenvalue weighted by Gasteiger charge is -2.11. The van der Waals surface area contributed by atoms with E-state index in [0.29, 0.717) is 11.4 Å². The molecule has 1 aromatic rings. The fourth-order valence-corrected chi connectivity index (χ4v) is 2.97. The lowest BCUT2D eigenvalue weighted by atomic mass is 10.3. The first kappa shape index (κ1) is 12.1. The molecule has 0 aliphatic carbocycles. The van der Waals surface area contributed by atoms with Crippen LogP contribution >= 0.6 is 23.1 Å². The van der Waals surface area contributed by atoms with Crippen LogP contribution < -0.4 is 0 Å². The maximum atomic E-state index is 12.0. The molecule has 5 heteroatoms. The monoisotopic (exact) mass is 265 g/mol. The number of nitrogens with zero attached hydrogens (tertiary/aromatic N) is 1. The average Bonchev–Trinajstić information content (AvgIpc) is 2.83. The number of amides is 2. The van der Waals surface area contributed by atoms with E-state index in [4.69, 9.17) is 0 Å². The molecule has 0 bridgehead atoms. The molecule has 3 nitrogen and oxygen atoms in total. The van der Waals surface area contributed by atoms with Gasteiger partial charge in [-0.1, -0.05) is 18.2 Å². The van der Waals surface area contributed by atoms with E-state index in [0.717, 1.165) is 22.2 Å². The Hall–Kier alpha value is -1.33. The highest BCUT2D eigenvalue weighted by atomic mass is 32.2. The third-order valence-electron chi connectivity index (χ3n) is 2.12. The summed E-state index contributed by atoms with van der Waals surface area (Å²) in [4.78, 5) is 26.3. The Bertz CT molecular complexity index is 503. The summed E-state index contributed by atoms with van der Waals surface area (Å²) in [6, 6.07) is 3.83. The van der Waals surface area contributed by atoms with Crippen LogP contribution in [0.1, 0.15) is 11.8 Å². The van der Waals surface area contributed by atoms with Gasteiger partial charge in [0.25, 0.3) is 11.1 Å². The maximum Gasteiger partial charge on any atom is 0.293 e. The first-order valence-electron chi connectivity index (χ1n) is 5.01. The van der Waals surface area contributed by atoms with Crippen LogP contribution in [0, 0.1) is 0 Å². The fraction of sp³-hybridized carbons (Fsp3) is 0.167. The maximum absolute atomic E-state index is 12.0. The van der Waals surface area contributed by atoms with Gasteiger partial charge in [-0.05, 0) is 36.2 Å². The first-order valence-corrected chi connectivity index (χ1v) is 6.71. The minimum absolute atomic E-state index is 0.221. The summed E-state index contributed by atoms with van der Waals surface area (Å²) in [7, 11) is 0. The van der Waals surface area contributed by atoms with E-state index in [-0.39, 0.29) is 11.1 Å². The van der Waals surface area contributed by atoms with Crippen LogP contribution in [0.15, 0.2) is 34.6 Å². The largest absolute Gasteiger partial charge is 0.293 e. The van der Waals surface area contributed by atoms with E-state index in [1.165, 1.54) is 16.2 Å². The molecule has 1 aliphatic rings. The molecule has 17 heavy (non-hydrogen) atoms. The molecule has 1 fully saturated rings. The van der Waals surface area contributed by atoms with Crippen molar-refractivity contribution < 1.29 is 9.59 Å². The predicted molar refractivity (Wildman–Crippen MR) is 71.8 cm³/mol. The second-order valence-electron chi connectivity index (χ2n) is 3.74. The Morgan fingerprint density at radius 1 is 1.53 bits per heavy atom. The summed E-state index contributed by atoms with van der Waals surface area (Å²) < 4.78 is 0. The zero-order valence-electron chi connectivity index (χ0n) is 9.30. The van der Waals surface area contributed by atoms with Gasteiger partial charge >= 0.3 is 0 Å². The van der Waals surface area contributed by atoms with Gasteiger partial charge < -0.3 is 0 Å². The van der Waals surface area contributed by atoms with Crippen LogP contribution in [0.4, 0.5) is 4.79 Å². The second-order valence-corrected chi connectivity index (χ2v) is 5.71. The van der Waals surface area contributed by atoms with Gasteiger partial charge in [0.05, 0.1) is 11.4 Å². The highest BCUT2D eigenvalue weighted by Crippen LogP contribution is 2.33. The molecule has 2 rings (SSSR count). The van der Waals surface area contributed by atoms with Crippen molar-refractivity contribution in [2.24, 2.45) is 0 Å². The molecule has 0 radical (unpaired) electrons. The summed E-state index contributed by atoms with van der Waals surface area (Å²) in [5, 5.41) is 1.71. The summed E-state index contributed by atoms with van der Waals surface area (Å²) >= 11 is 2.52. The number of carbonyl (C=O) groups is 2. The number of rotatable bonds is 3. The molecule has 0 atom stereocenters. The van der Waals surface area contributed by atoms with Crippen LogP contribution in [0.2, 0.25) is 0 Å². The third-order valence-corrected chi connectivity index (χ3v) is 3.84. The van der Waals surface area contributed by atoms with Crippen LogP contribution in [-0.4, -0.2) is 22.6 Å². The van der Waals surface area contributed by atoms with E-state index >= 15 is 0 Å². The zero-order valence-corrected chi connectivity index (χ0v) is 10.9. The minimum atomic E-state index is -0.226. The van der Waals surface area contributed by atoms with Gasteiger partial charge in [-0.3, -0.25) is 14.5 Å². The average molecular weight is 265 g/mol. The van der Waals surface area contributed by atoms with Gasteiger partial charge in [0.1, 0.15) is 0 Å². The van der Waals surface area contributed by atoms with Crippen molar-refractivity contribution in [2.75, 3.05) is 6.54 Å². The number of thioether (sulfide) groups is 1. The molecular formula is C12H11NO2S2. The minimum Gasteiger partial charge on any atom is -0.268 e. The van der Waals surface area contributed by atoms with Gasteiger partial charge in [-0.25, -0.2) is 0 Å². The summed E-state index contributed by atoms with van der Waals surface area (Å²) in [6.45, 7) is 5.81. The number of hydrogen-bond acceptors (Lipinski definition) is 4. The molecule has 1 aromatic heterocycles. The van der Waals surface area contributed by atoms with Crippen molar-refractivity contribution in [1.29, 1.82) is 0 Å². The number of hydrogen-bond donors (Lipinski definition) is 0. The number of carbonyl (C=O) groups excluding carboxylic acids is 2. The third kappa shape index (κ3) is 2.68. The molecule has 2 heterocycles. The Labute approximate surface area is 108 Å². The van der Waals surface area contributed by atoms with E-state index in [2.05, 4.69) is 6.58 Å². The van der Waals surface area contributed by atoms with Crippen LogP contribution in [0.3, 0.4) is 0 Å². The lowest BCUT2D eigenvalue weighted by Crippen LogP contribution is -2.29. The predicted octanol–water partition coefficient (Wildman–Crippen LogP) is 3.36. The SMILES string of the molecule is C=C(C)CN1C(=O)S/C(=C\c2cccs2)C1=O. The van der Waals surface area contributed by atoms with Gasteiger partial charge in [-0.15, -0.1) is 11.3 Å². The summed E-state index contributed by atoms with van der Waals surface area (Å²) in [5.74, 6) is -0.226. The Morgan fingerprint density at radius 3 is 2.88 bits per heavy atom. The van der Waals surface area contributed by atoms with Gasteiger partial charge in [-0.2, -0.15) is 0 Å². The Balaban J connectivity index is 2.21. The smallest absolute Gasteiger partial charge is 0.268 e. The van der Waals surface area contributed by atoms with Crippen molar-refractivity contribution in [1.82, 2.24) is 4.90 Å². The van der Waals surface area contributed by atoms with Crippen LogP contribution in [-0.2, 0) is 4.79 Å². The van der Waals surface area contributed by atoms with E-state index in [1.54, 1.807) is 13.0 Å². The molecule has 1 aliphatic heterocycles. The van der Waals surface area contributed by atoms with E-state index < -0.39 is 0 Å². The van der Waals surface area contributed by atoms with Crippen molar-refractivity contribution in [3.63, 3.8) is 0 Å². The molecule has 2 amide bonds. The zero-order chi connectivity index (χ0) is 12.4. The molecule has 0 spiro atoms. The molecule has 0 N–H and O–H groups in total. The number of thiophene rings is 1. The normalized spacial score (nSPS) is 18.2. The van der Waals surface area contributed by atoms with Crippen molar-refractivity contribution in [2.45, 2.75) is 6.92 Å². The summed E-state index contributed by atoms with van der Waals surface area (Å²) in [5.41, 5.74) is 0.796. The van der Waals surface area contributed by atoms with E-state index in [9.17, 15) is 9.59 Å². The summed E-state index contributed by atoms with van der Waals surface area (Å²) in [6.07, 6.45) is 1.76.